The fraction of sp³-hybridized carbons (Fsp3) is 0.182. The number of aliphatic imine (C=N–C) groups is 2. The van der Waals surface area contributed by atoms with Crippen LogP contribution in [0.3, 0.4) is 0 Å². The number of benzene rings is 2. The van der Waals surface area contributed by atoms with Gasteiger partial charge in [0, 0.05) is 28.9 Å². The lowest BCUT2D eigenvalue weighted by molar-refractivity contribution is 1.07. The Morgan fingerprint density at radius 1 is 0.962 bits per heavy atom. The standard InChI is InChI=1S/C22H21N3S/c1-15-16(2)24-14-21(15)25-26-22-8-4-3-6-19(22)17-9-11-18(12-10-17)20-7-5-13-23-20/h3-6,8-13,25H,7,14H2,1-2H3. The molecule has 4 heteroatoms. The van der Waals surface area contributed by atoms with E-state index in [1.165, 1.54) is 32.9 Å². The first kappa shape index (κ1) is 16.9. The smallest absolute Gasteiger partial charge is 0.0801 e. The first-order valence-corrected chi connectivity index (χ1v) is 9.59. The van der Waals surface area contributed by atoms with Crippen LogP contribution in [0.1, 0.15) is 25.8 Å². The molecule has 2 aromatic rings. The molecule has 26 heavy (non-hydrogen) atoms. The molecule has 0 saturated heterocycles. The van der Waals surface area contributed by atoms with Gasteiger partial charge >= 0.3 is 0 Å². The van der Waals surface area contributed by atoms with E-state index in [9.17, 15) is 0 Å². The zero-order chi connectivity index (χ0) is 17.9. The maximum Gasteiger partial charge on any atom is 0.0801 e. The van der Waals surface area contributed by atoms with Crippen LogP contribution in [0, 0.1) is 0 Å². The van der Waals surface area contributed by atoms with Gasteiger partial charge in [-0.1, -0.05) is 48.5 Å². The second-order valence-corrected chi connectivity index (χ2v) is 7.30. The maximum atomic E-state index is 4.49. The lowest BCUT2D eigenvalue weighted by Crippen LogP contribution is -2.07. The average molecular weight is 359 g/mol. The van der Waals surface area contributed by atoms with Crippen molar-refractivity contribution in [1.29, 1.82) is 0 Å². The van der Waals surface area contributed by atoms with Crippen molar-refractivity contribution in [2.24, 2.45) is 9.98 Å². The van der Waals surface area contributed by atoms with Crippen LogP contribution in [0.4, 0.5) is 0 Å². The van der Waals surface area contributed by atoms with E-state index < -0.39 is 0 Å². The number of hydrogen-bond acceptors (Lipinski definition) is 4. The van der Waals surface area contributed by atoms with Crippen molar-refractivity contribution in [2.45, 2.75) is 25.2 Å². The average Bonchev–Trinajstić information content (AvgIpc) is 3.32. The number of hydrogen-bond donors (Lipinski definition) is 1. The minimum Gasteiger partial charge on any atom is -0.327 e. The first-order chi connectivity index (χ1) is 12.7. The van der Waals surface area contributed by atoms with E-state index in [4.69, 9.17) is 0 Å². The van der Waals surface area contributed by atoms with Crippen LogP contribution in [0.5, 0.6) is 0 Å². The number of allylic oxidation sites excluding steroid dienone is 2. The van der Waals surface area contributed by atoms with Crippen molar-refractivity contribution >= 4 is 23.4 Å². The molecule has 2 aliphatic rings. The third-order valence-electron chi connectivity index (χ3n) is 4.82. The predicted molar refractivity (Wildman–Crippen MR) is 112 cm³/mol. The quantitative estimate of drug-likeness (QED) is 0.725. The minimum atomic E-state index is 0.748. The largest absolute Gasteiger partial charge is 0.327 e. The molecule has 0 saturated carbocycles. The van der Waals surface area contributed by atoms with Gasteiger partial charge in [-0.25, -0.2) is 0 Å². The Hall–Kier alpha value is -2.59. The van der Waals surface area contributed by atoms with Crippen molar-refractivity contribution in [3.05, 3.63) is 77.6 Å². The summed E-state index contributed by atoms with van der Waals surface area (Å²) in [5, 5.41) is 0. The van der Waals surface area contributed by atoms with Gasteiger partial charge in [0.05, 0.1) is 12.3 Å². The Labute approximate surface area is 158 Å². The van der Waals surface area contributed by atoms with Gasteiger partial charge in [0.1, 0.15) is 0 Å². The van der Waals surface area contributed by atoms with Crippen molar-refractivity contribution < 1.29 is 0 Å². The fourth-order valence-electron chi connectivity index (χ4n) is 3.07. The molecule has 0 aliphatic carbocycles. The van der Waals surface area contributed by atoms with E-state index in [2.05, 4.69) is 83.2 Å². The summed E-state index contributed by atoms with van der Waals surface area (Å²) in [6, 6.07) is 17.2. The molecular weight excluding hydrogens is 338 g/mol. The van der Waals surface area contributed by atoms with E-state index in [-0.39, 0.29) is 0 Å². The molecule has 2 heterocycles. The Bertz CT molecular complexity index is 950. The summed E-state index contributed by atoms with van der Waals surface area (Å²) in [4.78, 5) is 10.1. The summed E-state index contributed by atoms with van der Waals surface area (Å²) < 4.78 is 3.50. The normalized spacial score (nSPS) is 16.1. The summed E-state index contributed by atoms with van der Waals surface area (Å²) in [5.74, 6) is 0. The molecule has 0 unspecified atom stereocenters. The summed E-state index contributed by atoms with van der Waals surface area (Å²) >= 11 is 1.66. The molecule has 1 N–H and O–H groups in total. The van der Waals surface area contributed by atoms with Gasteiger partial charge in [0.2, 0.25) is 0 Å². The maximum absolute atomic E-state index is 4.49. The monoisotopic (exact) mass is 359 g/mol. The van der Waals surface area contributed by atoms with Gasteiger partial charge in [-0.2, -0.15) is 0 Å². The van der Waals surface area contributed by atoms with Gasteiger partial charge in [0.15, 0.2) is 0 Å². The van der Waals surface area contributed by atoms with Crippen molar-refractivity contribution in [2.75, 3.05) is 6.54 Å². The Kier molecular flexibility index (Phi) is 4.76. The van der Waals surface area contributed by atoms with E-state index in [1.807, 2.05) is 6.20 Å². The Morgan fingerprint density at radius 3 is 2.42 bits per heavy atom. The second-order valence-electron chi connectivity index (χ2n) is 6.45. The van der Waals surface area contributed by atoms with Crippen LogP contribution in [-0.4, -0.2) is 18.0 Å². The summed E-state index contributed by atoms with van der Waals surface area (Å²) in [6.45, 7) is 4.94. The highest BCUT2D eigenvalue weighted by Gasteiger charge is 2.13. The van der Waals surface area contributed by atoms with Crippen LogP contribution in [-0.2, 0) is 0 Å². The van der Waals surface area contributed by atoms with Gasteiger partial charge in [-0.3, -0.25) is 9.98 Å². The SMILES string of the molecule is CC1=NCC(NSc2ccccc2-c2ccc(C3=NC=CC3)cc2)=C1C. The lowest BCUT2D eigenvalue weighted by Gasteiger charge is -2.12. The molecule has 0 radical (unpaired) electrons. The predicted octanol–water partition coefficient (Wildman–Crippen LogP) is 5.41. The fourth-order valence-corrected chi connectivity index (χ4v) is 3.96. The summed E-state index contributed by atoms with van der Waals surface area (Å²) in [7, 11) is 0. The highest BCUT2D eigenvalue weighted by Crippen LogP contribution is 2.31. The molecule has 2 aromatic carbocycles. The molecule has 0 aromatic heterocycles. The number of rotatable bonds is 5. The third-order valence-corrected chi connectivity index (χ3v) is 5.74. The van der Waals surface area contributed by atoms with E-state index in [0.29, 0.717) is 0 Å². The second kappa shape index (κ2) is 7.34. The van der Waals surface area contributed by atoms with Crippen LogP contribution in [0.25, 0.3) is 11.1 Å². The van der Waals surface area contributed by atoms with Crippen LogP contribution < -0.4 is 4.72 Å². The number of nitrogens with zero attached hydrogens (tertiary/aromatic N) is 2. The van der Waals surface area contributed by atoms with E-state index >= 15 is 0 Å². The van der Waals surface area contributed by atoms with E-state index in [1.54, 1.807) is 11.9 Å². The first-order valence-electron chi connectivity index (χ1n) is 8.78. The topological polar surface area (TPSA) is 36.8 Å². The van der Waals surface area contributed by atoms with E-state index in [0.717, 1.165) is 24.4 Å². The molecule has 0 spiro atoms. The molecule has 0 fully saturated rings. The molecular formula is C22H21N3S. The third kappa shape index (κ3) is 3.37. The highest BCUT2D eigenvalue weighted by molar-refractivity contribution is 7.97. The van der Waals surface area contributed by atoms with Crippen molar-refractivity contribution in [3.63, 3.8) is 0 Å². The van der Waals surface area contributed by atoms with Gasteiger partial charge in [0.25, 0.3) is 0 Å². The molecule has 130 valence electrons. The highest BCUT2D eigenvalue weighted by atomic mass is 32.2. The van der Waals surface area contributed by atoms with Crippen LogP contribution in [0.2, 0.25) is 0 Å². The zero-order valence-electron chi connectivity index (χ0n) is 15.0. The molecule has 0 atom stereocenters. The molecule has 0 bridgehead atoms. The lowest BCUT2D eigenvalue weighted by atomic mass is 10.0. The molecule has 3 nitrogen and oxygen atoms in total. The zero-order valence-corrected chi connectivity index (χ0v) is 15.8. The van der Waals surface area contributed by atoms with Crippen molar-refractivity contribution in [3.8, 4) is 11.1 Å². The Morgan fingerprint density at radius 2 is 1.73 bits per heavy atom. The van der Waals surface area contributed by atoms with Gasteiger partial charge in [-0.15, -0.1) is 0 Å². The Balaban J connectivity index is 1.54. The van der Waals surface area contributed by atoms with Crippen LogP contribution >= 0.6 is 11.9 Å². The van der Waals surface area contributed by atoms with Gasteiger partial charge in [-0.05, 0) is 54.1 Å². The van der Waals surface area contributed by atoms with Crippen molar-refractivity contribution in [1.82, 2.24) is 4.72 Å². The van der Waals surface area contributed by atoms with Crippen LogP contribution in [0.15, 0.2) is 87.0 Å². The summed E-state index contributed by atoms with van der Waals surface area (Å²) in [5.41, 5.74) is 8.36. The molecule has 0 amide bonds. The molecule has 2 aliphatic heterocycles. The molecule has 4 rings (SSSR count). The summed E-state index contributed by atoms with van der Waals surface area (Å²) in [6.07, 6.45) is 4.89. The van der Waals surface area contributed by atoms with Gasteiger partial charge < -0.3 is 4.72 Å². The number of nitrogens with one attached hydrogen (secondary N) is 1. The minimum absolute atomic E-state index is 0.748.